The fourth-order valence-corrected chi connectivity index (χ4v) is 1.21. The average molecular weight is 199 g/mol. The summed E-state index contributed by atoms with van der Waals surface area (Å²) in [5.41, 5.74) is 2.16. The van der Waals surface area contributed by atoms with Gasteiger partial charge in [-0.1, -0.05) is 13.8 Å². The lowest BCUT2D eigenvalue weighted by atomic mass is 10.2. The van der Waals surface area contributed by atoms with Crippen molar-refractivity contribution in [3.63, 3.8) is 0 Å². The van der Waals surface area contributed by atoms with Gasteiger partial charge in [0.05, 0.1) is 5.38 Å². The summed E-state index contributed by atoms with van der Waals surface area (Å²) >= 11 is 5.94. The molecular formula is C10H15ClN2. The van der Waals surface area contributed by atoms with E-state index in [2.05, 4.69) is 23.8 Å². The van der Waals surface area contributed by atoms with Gasteiger partial charge in [0.15, 0.2) is 0 Å². The van der Waals surface area contributed by atoms with Crippen molar-refractivity contribution < 1.29 is 0 Å². The van der Waals surface area contributed by atoms with E-state index >= 15 is 0 Å². The summed E-state index contributed by atoms with van der Waals surface area (Å²) in [7, 11) is 0. The van der Waals surface area contributed by atoms with Crippen LogP contribution in [0.15, 0.2) is 6.07 Å². The molecule has 0 spiro atoms. The predicted octanol–water partition coefficient (Wildman–Crippen LogP) is 2.90. The minimum atomic E-state index is -0.100. The highest BCUT2D eigenvalue weighted by atomic mass is 35.5. The Labute approximate surface area is 84.4 Å². The third-order valence-electron chi connectivity index (χ3n) is 1.93. The molecule has 0 saturated carbocycles. The molecule has 0 saturated heterocycles. The molecule has 72 valence electrons. The summed E-state index contributed by atoms with van der Waals surface area (Å²) in [6.45, 7) is 6.07. The minimum Gasteiger partial charge on any atom is -0.236 e. The van der Waals surface area contributed by atoms with E-state index in [0.29, 0.717) is 0 Å². The van der Waals surface area contributed by atoms with Crippen LogP contribution in [0.5, 0.6) is 0 Å². The quantitative estimate of drug-likeness (QED) is 0.698. The Morgan fingerprint density at radius 1 is 1.23 bits per heavy atom. The van der Waals surface area contributed by atoms with Gasteiger partial charge in [-0.25, -0.2) is 9.97 Å². The van der Waals surface area contributed by atoms with Crippen molar-refractivity contribution in [2.45, 2.75) is 39.0 Å². The molecule has 3 heteroatoms. The molecule has 0 aliphatic heterocycles. The molecule has 0 aliphatic rings. The van der Waals surface area contributed by atoms with E-state index in [4.69, 9.17) is 11.6 Å². The maximum absolute atomic E-state index is 5.94. The van der Waals surface area contributed by atoms with E-state index in [-0.39, 0.29) is 5.38 Å². The molecule has 0 N–H and O–H groups in total. The second kappa shape index (κ2) is 4.56. The fourth-order valence-electron chi connectivity index (χ4n) is 1.12. The van der Waals surface area contributed by atoms with Gasteiger partial charge in [0.25, 0.3) is 0 Å². The monoisotopic (exact) mass is 198 g/mol. The van der Waals surface area contributed by atoms with Crippen LogP contribution in [-0.4, -0.2) is 9.97 Å². The number of halogens is 1. The third-order valence-corrected chi connectivity index (χ3v) is 2.12. The van der Waals surface area contributed by atoms with Crippen LogP contribution in [-0.2, 0) is 12.8 Å². The van der Waals surface area contributed by atoms with Crippen LogP contribution in [0.4, 0.5) is 0 Å². The van der Waals surface area contributed by atoms with Crippen LogP contribution >= 0.6 is 11.6 Å². The first kappa shape index (κ1) is 10.5. The first-order valence-corrected chi connectivity index (χ1v) is 5.11. The molecule has 1 atom stereocenters. The van der Waals surface area contributed by atoms with Gasteiger partial charge in [-0.05, 0) is 25.8 Å². The lowest BCUT2D eigenvalue weighted by Gasteiger charge is -2.06. The van der Waals surface area contributed by atoms with Gasteiger partial charge in [0.2, 0.25) is 0 Å². The Hall–Kier alpha value is -0.630. The zero-order valence-electron chi connectivity index (χ0n) is 8.34. The summed E-state index contributed by atoms with van der Waals surface area (Å²) in [5, 5.41) is -0.100. The molecule has 1 aromatic heterocycles. The Morgan fingerprint density at radius 3 is 2.00 bits per heavy atom. The predicted molar refractivity (Wildman–Crippen MR) is 55.1 cm³/mol. The van der Waals surface area contributed by atoms with E-state index in [0.717, 1.165) is 30.1 Å². The van der Waals surface area contributed by atoms with Gasteiger partial charge >= 0.3 is 0 Å². The summed E-state index contributed by atoms with van der Waals surface area (Å²) in [6.07, 6.45) is 1.87. The highest BCUT2D eigenvalue weighted by Crippen LogP contribution is 2.16. The molecule has 0 radical (unpaired) electrons. The van der Waals surface area contributed by atoms with Gasteiger partial charge in [-0.3, -0.25) is 0 Å². The number of hydrogen-bond donors (Lipinski definition) is 0. The van der Waals surface area contributed by atoms with Gasteiger partial charge in [0.1, 0.15) is 5.82 Å². The lowest BCUT2D eigenvalue weighted by molar-refractivity contribution is 0.832. The first-order chi connectivity index (χ1) is 6.17. The van der Waals surface area contributed by atoms with E-state index in [9.17, 15) is 0 Å². The molecule has 2 nitrogen and oxygen atoms in total. The van der Waals surface area contributed by atoms with Crippen molar-refractivity contribution in [1.82, 2.24) is 9.97 Å². The number of rotatable bonds is 3. The molecule has 1 aromatic rings. The average Bonchev–Trinajstić information content (AvgIpc) is 2.16. The number of alkyl halides is 1. The second-order valence-corrected chi connectivity index (χ2v) is 3.69. The summed E-state index contributed by atoms with van der Waals surface area (Å²) in [5.74, 6) is 0.748. The highest BCUT2D eigenvalue weighted by molar-refractivity contribution is 6.20. The Bertz CT molecular complexity index is 262. The molecule has 13 heavy (non-hydrogen) atoms. The van der Waals surface area contributed by atoms with Crippen LogP contribution in [0.1, 0.15) is 43.4 Å². The smallest absolute Gasteiger partial charge is 0.146 e. The van der Waals surface area contributed by atoms with Crippen LogP contribution in [0.25, 0.3) is 0 Å². The van der Waals surface area contributed by atoms with Crippen molar-refractivity contribution in [3.05, 3.63) is 23.3 Å². The largest absolute Gasteiger partial charge is 0.236 e. The van der Waals surface area contributed by atoms with Crippen LogP contribution in [0, 0.1) is 0 Å². The Morgan fingerprint density at radius 2 is 1.69 bits per heavy atom. The second-order valence-electron chi connectivity index (χ2n) is 3.03. The van der Waals surface area contributed by atoms with Crippen LogP contribution < -0.4 is 0 Å². The molecule has 1 rings (SSSR count). The molecule has 0 aromatic carbocycles. The van der Waals surface area contributed by atoms with E-state index in [1.807, 2.05) is 13.0 Å². The SMILES string of the molecule is CCc1cc(CC)nc(C(C)Cl)n1. The third kappa shape index (κ3) is 2.66. The Kier molecular flexibility index (Phi) is 3.67. The highest BCUT2D eigenvalue weighted by Gasteiger charge is 2.07. The normalized spacial score (nSPS) is 12.9. The molecule has 0 amide bonds. The number of nitrogens with zero attached hydrogens (tertiary/aromatic N) is 2. The summed E-state index contributed by atoms with van der Waals surface area (Å²) < 4.78 is 0. The van der Waals surface area contributed by atoms with Gasteiger partial charge in [0, 0.05) is 11.4 Å². The molecule has 0 fully saturated rings. The van der Waals surface area contributed by atoms with Crippen molar-refractivity contribution in [2.24, 2.45) is 0 Å². The molecular weight excluding hydrogens is 184 g/mol. The van der Waals surface area contributed by atoms with Crippen molar-refractivity contribution in [1.29, 1.82) is 0 Å². The van der Waals surface area contributed by atoms with E-state index in [1.165, 1.54) is 0 Å². The van der Waals surface area contributed by atoms with Crippen molar-refractivity contribution >= 4 is 11.6 Å². The number of hydrogen-bond acceptors (Lipinski definition) is 2. The zero-order chi connectivity index (χ0) is 9.84. The van der Waals surface area contributed by atoms with Gasteiger partial charge in [-0.15, -0.1) is 11.6 Å². The number of aromatic nitrogens is 2. The number of aryl methyl sites for hydroxylation is 2. The molecule has 0 bridgehead atoms. The van der Waals surface area contributed by atoms with Gasteiger partial charge < -0.3 is 0 Å². The topological polar surface area (TPSA) is 25.8 Å². The molecule has 1 heterocycles. The molecule has 0 aliphatic carbocycles. The Balaban J connectivity index is 3.07. The minimum absolute atomic E-state index is 0.100. The maximum Gasteiger partial charge on any atom is 0.146 e. The fraction of sp³-hybridized carbons (Fsp3) is 0.600. The van der Waals surface area contributed by atoms with Crippen LogP contribution in [0.2, 0.25) is 0 Å². The zero-order valence-corrected chi connectivity index (χ0v) is 9.10. The van der Waals surface area contributed by atoms with E-state index < -0.39 is 0 Å². The first-order valence-electron chi connectivity index (χ1n) is 4.68. The standard InChI is InChI=1S/C10H15ClN2/c1-4-8-6-9(5-2)13-10(12-8)7(3)11/h6-7H,4-5H2,1-3H3. The summed E-state index contributed by atoms with van der Waals surface area (Å²) in [4.78, 5) is 8.71. The van der Waals surface area contributed by atoms with Crippen molar-refractivity contribution in [2.75, 3.05) is 0 Å². The van der Waals surface area contributed by atoms with E-state index in [1.54, 1.807) is 0 Å². The summed E-state index contributed by atoms with van der Waals surface area (Å²) in [6, 6.07) is 2.04. The maximum atomic E-state index is 5.94. The van der Waals surface area contributed by atoms with Crippen molar-refractivity contribution in [3.8, 4) is 0 Å². The lowest BCUT2D eigenvalue weighted by Crippen LogP contribution is -2.02. The van der Waals surface area contributed by atoms with Gasteiger partial charge in [-0.2, -0.15) is 0 Å². The molecule has 1 unspecified atom stereocenters. The van der Waals surface area contributed by atoms with Crippen LogP contribution in [0.3, 0.4) is 0 Å².